The summed E-state index contributed by atoms with van der Waals surface area (Å²) in [6.45, 7) is 5.74. The van der Waals surface area contributed by atoms with E-state index in [-0.39, 0.29) is 5.56 Å². The highest BCUT2D eigenvalue weighted by atomic mass is 32.2. The Morgan fingerprint density at radius 3 is 3.12 bits per heavy atom. The molecule has 1 saturated heterocycles. The van der Waals surface area contributed by atoms with Gasteiger partial charge in [-0.2, -0.15) is 22.0 Å². The van der Waals surface area contributed by atoms with Crippen LogP contribution >= 0.6 is 11.8 Å². The van der Waals surface area contributed by atoms with Crippen molar-refractivity contribution in [3.8, 4) is 0 Å². The van der Waals surface area contributed by atoms with Crippen LogP contribution in [0.3, 0.4) is 0 Å². The molecule has 25 heavy (non-hydrogen) atoms. The van der Waals surface area contributed by atoms with Crippen LogP contribution in [-0.4, -0.2) is 49.3 Å². The van der Waals surface area contributed by atoms with Gasteiger partial charge in [-0.05, 0) is 43.2 Å². The molecular weight excluding hydrogens is 334 g/mol. The van der Waals surface area contributed by atoms with Crippen molar-refractivity contribution in [2.24, 2.45) is 0 Å². The number of aryl methyl sites for hydroxylation is 2. The summed E-state index contributed by atoms with van der Waals surface area (Å²) >= 11 is 1.89. The number of thioether (sulfide) groups is 1. The molecule has 2 aliphatic heterocycles. The smallest absolute Gasteiger partial charge is 0.267 e. The molecule has 1 atom stereocenters. The first-order valence-corrected chi connectivity index (χ1v) is 10.3. The van der Waals surface area contributed by atoms with Crippen molar-refractivity contribution in [2.45, 2.75) is 51.1 Å². The Hall–Kier alpha value is -1.60. The van der Waals surface area contributed by atoms with E-state index in [1.165, 1.54) is 12.0 Å². The zero-order valence-corrected chi connectivity index (χ0v) is 15.5. The minimum absolute atomic E-state index is 0.0517. The molecule has 134 valence electrons. The maximum absolute atomic E-state index is 12.4. The first-order chi connectivity index (χ1) is 12.2. The predicted molar refractivity (Wildman–Crippen MR) is 99.9 cm³/mol. The number of likely N-dealkylation sites (tertiary alicyclic amines) is 1. The molecule has 6 nitrogen and oxygen atoms in total. The summed E-state index contributed by atoms with van der Waals surface area (Å²) in [6.07, 6.45) is 7.29. The Bertz CT molecular complexity index is 799. The highest BCUT2D eigenvalue weighted by molar-refractivity contribution is 7.98. The summed E-state index contributed by atoms with van der Waals surface area (Å²) in [5.41, 5.74) is 3.50. The van der Waals surface area contributed by atoms with Gasteiger partial charge in [0.15, 0.2) is 0 Å². The second-order valence-corrected chi connectivity index (χ2v) is 8.16. The molecule has 4 rings (SSSR count). The Balaban J connectivity index is 1.43. The van der Waals surface area contributed by atoms with E-state index < -0.39 is 0 Å². The van der Waals surface area contributed by atoms with E-state index in [2.05, 4.69) is 28.2 Å². The highest BCUT2D eigenvalue weighted by Gasteiger charge is 2.26. The highest BCUT2D eigenvalue weighted by Crippen LogP contribution is 2.22. The SMILES string of the molecule is Cc1cnn(CCN2CCCC2Cn2nc3c(cc2=O)CSCC3)c1. The van der Waals surface area contributed by atoms with Crippen molar-refractivity contribution in [3.63, 3.8) is 0 Å². The topological polar surface area (TPSA) is 56.0 Å². The van der Waals surface area contributed by atoms with Crippen LogP contribution in [-0.2, 0) is 25.3 Å². The van der Waals surface area contributed by atoms with Crippen molar-refractivity contribution in [1.29, 1.82) is 0 Å². The van der Waals surface area contributed by atoms with Crippen molar-refractivity contribution in [3.05, 3.63) is 45.6 Å². The van der Waals surface area contributed by atoms with Crippen LogP contribution in [0, 0.1) is 6.92 Å². The Morgan fingerprint density at radius 1 is 1.36 bits per heavy atom. The Labute approximate surface area is 152 Å². The molecule has 0 radical (unpaired) electrons. The second-order valence-electron chi connectivity index (χ2n) is 7.05. The first-order valence-electron chi connectivity index (χ1n) is 9.10. The van der Waals surface area contributed by atoms with Crippen LogP contribution in [0.2, 0.25) is 0 Å². The van der Waals surface area contributed by atoms with Crippen molar-refractivity contribution in [1.82, 2.24) is 24.5 Å². The van der Waals surface area contributed by atoms with Crippen molar-refractivity contribution in [2.75, 3.05) is 18.8 Å². The normalized spacial score (nSPS) is 20.8. The quantitative estimate of drug-likeness (QED) is 0.813. The number of nitrogens with zero attached hydrogens (tertiary/aromatic N) is 5. The zero-order chi connectivity index (χ0) is 17.2. The molecule has 1 unspecified atom stereocenters. The molecule has 0 aliphatic carbocycles. The fraction of sp³-hybridized carbons (Fsp3) is 0.611. The molecule has 2 aliphatic rings. The van der Waals surface area contributed by atoms with Gasteiger partial charge in [-0.15, -0.1) is 0 Å². The largest absolute Gasteiger partial charge is 0.297 e. The van der Waals surface area contributed by atoms with Gasteiger partial charge in [0.25, 0.3) is 5.56 Å². The molecule has 0 spiro atoms. The van der Waals surface area contributed by atoms with Gasteiger partial charge in [0, 0.05) is 37.0 Å². The summed E-state index contributed by atoms with van der Waals surface area (Å²) in [5, 5.41) is 9.05. The van der Waals surface area contributed by atoms with Gasteiger partial charge in [0.05, 0.1) is 25.0 Å². The summed E-state index contributed by atoms with van der Waals surface area (Å²) < 4.78 is 3.71. The van der Waals surface area contributed by atoms with Crippen LogP contribution in [0.5, 0.6) is 0 Å². The minimum Gasteiger partial charge on any atom is -0.297 e. The lowest BCUT2D eigenvalue weighted by Crippen LogP contribution is -2.39. The van der Waals surface area contributed by atoms with Gasteiger partial charge in [0.2, 0.25) is 0 Å². The van der Waals surface area contributed by atoms with E-state index in [1.807, 2.05) is 22.6 Å². The van der Waals surface area contributed by atoms with Gasteiger partial charge in [-0.1, -0.05) is 0 Å². The number of fused-ring (bicyclic) bond motifs is 1. The molecule has 2 aromatic rings. The molecule has 4 heterocycles. The third-order valence-corrected chi connectivity index (χ3v) is 6.17. The summed E-state index contributed by atoms with van der Waals surface area (Å²) in [6, 6.07) is 2.21. The fourth-order valence-corrected chi connectivity index (χ4v) is 4.75. The number of hydrogen-bond acceptors (Lipinski definition) is 5. The lowest BCUT2D eigenvalue weighted by atomic mass is 10.2. The Kier molecular flexibility index (Phi) is 4.94. The lowest BCUT2D eigenvalue weighted by Gasteiger charge is -2.25. The van der Waals surface area contributed by atoms with E-state index in [4.69, 9.17) is 0 Å². The monoisotopic (exact) mass is 359 g/mol. The standard InChI is InChI=1S/C18H25N5OS/c1-14-10-19-22(11-14)7-6-21-5-2-3-16(21)12-23-18(24)9-15-13-25-8-4-17(15)20-23/h9-11,16H,2-8,12-13H2,1H3. The van der Waals surface area contributed by atoms with Crippen LogP contribution in [0.1, 0.15) is 29.7 Å². The summed E-state index contributed by atoms with van der Waals surface area (Å²) in [5.74, 6) is 2.04. The molecule has 0 bridgehead atoms. The zero-order valence-electron chi connectivity index (χ0n) is 14.7. The average molecular weight is 359 g/mol. The first kappa shape index (κ1) is 16.8. The van der Waals surface area contributed by atoms with Gasteiger partial charge in [0.1, 0.15) is 0 Å². The number of hydrogen-bond donors (Lipinski definition) is 0. The van der Waals surface area contributed by atoms with E-state index in [0.717, 1.165) is 55.2 Å². The molecule has 0 saturated carbocycles. The average Bonchev–Trinajstić information content (AvgIpc) is 3.22. The summed E-state index contributed by atoms with van der Waals surface area (Å²) in [7, 11) is 0. The van der Waals surface area contributed by atoms with E-state index in [0.29, 0.717) is 12.6 Å². The molecule has 0 N–H and O–H groups in total. The van der Waals surface area contributed by atoms with Crippen molar-refractivity contribution >= 4 is 11.8 Å². The predicted octanol–water partition coefficient (Wildman–Crippen LogP) is 1.70. The van der Waals surface area contributed by atoms with E-state index in [1.54, 1.807) is 10.7 Å². The molecule has 0 amide bonds. The van der Waals surface area contributed by atoms with Gasteiger partial charge < -0.3 is 0 Å². The van der Waals surface area contributed by atoms with Crippen LogP contribution in [0.25, 0.3) is 0 Å². The van der Waals surface area contributed by atoms with Crippen LogP contribution < -0.4 is 5.56 Å². The molecule has 1 fully saturated rings. The molecule has 2 aromatic heterocycles. The Morgan fingerprint density at radius 2 is 2.28 bits per heavy atom. The number of aromatic nitrogens is 4. The molecular formula is C18H25N5OS. The van der Waals surface area contributed by atoms with E-state index >= 15 is 0 Å². The summed E-state index contributed by atoms with van der Waals surface area (Å²) in [4.78, 5) is 14.9. The van der Waals surface area contributed by atoms with Gasteiger partial charge in [-0.3, -0.25) is 14.4 Å². The maximum Gasteiger partial charge on any atom is 0.267 e. The lowest BCUT2D eigenvalue weighted by molar-refractivity contribution is 0.213. The minimum atomic E-state index is 0.0517. The van der Waals surface area contributed by atoms with Gasteiger partial charge >= 0.3 is 0 Å². The van der Waals surface area contributed by atoms with Crippen LogP contribution in [0.4, 0.5) is 0 Å². The van der Waals surface area contributed by atoms with Crippen molar-refractivity contribution < 1.29 is 0 Å². The third kappa shape index (κ3) is 3.82. The van der Waals surface area contributed by atoms with Crippen LogP contribution in [0.15, 0.2) is 23.3 Å². The second kappa shape index (κ2) is 7.33. The third-order valence-electron chi connectivity index (χ3n) is 5.17. The number of rotatable bonds is 5. The molecule has 0 aromatic carbocycles. The van der Waals surface area contributed by atoms with E-state index in [9.17, 15) is 4.79 Å². The fourth-order valence-electron chi connectivity index (χ4n) is 3.80. The molecule has 7 heteroatoms. The maximum atomic E-state index is 12.4. The van der Waals surface area contributed by atoms with Gasteiger partial charge in [-0.25, -0.2) is 4.68 Å².